The summed E-state index contributed by atoms with van der Waals surface area (Å²) in [4.78, 5) is 21.7. The maximum Gasteiger partial charge on any atom is 0.252 e. The molecule has 0 radical (unpaired) electrons. The van der Waals surface area contributed by atoms with Crippen molar-refractivity contribution in [2.75, 3.05) is 20.3 Å². The molecule has 0 fully saturated rings. The minimum atomic E-state index is -1.08. The van der Waals surface area contributed by atoms with Crippen molar-refractivity contribution in [1.82, 2.24) is 10.3 Å². The van der Waals surface area contributed by atoms with Gasteiger partial charge in [0.1, 0.15) is 17.3 Å². The Morgan fingerprint density at radius 3 is 2.56 bits per heavy atom. The van der Waals surface area contributed by atoms with E-state index in [1.165, 1.54) is 43.5 Å². The molecule has 0 spiro atoms. The molecule has 1 amide bonds. The summed E-state index contributed by atoms with van der Waals surface area (Å²) in [5, 5.41) is 13.3. The number of carbonyl (C=O) groups excluding carboxylic acids is 1. The molecule has 0 saturated heterocycles. The summed E-state index contributed by atoms with van der Waals surface area (Å²) in [6.07, 6.45) is 0.697. The van der Waals surface area contributed by atoms with Gasteiger partial charge in [-0.1, -0.05) is 24.3 Å². The van der Waals surface area contributed by atoms with Crippen LogP contribution in [0.5, 0.6) is 0 Å². The van der Waals surface area contributed by atoms with Gasteiger partial charge in [0.2, 0.25) is 0 Å². The van der Waals surface area contributed by atoms with E-state index in [4.69, 9.17) is 4.74 Å². The number of hydrogen-bond donors (Lipinski definition) is 2. The standard InChI is InChI=1S/C27H24F3N3O3/c1-36-15-23(34)22(13-18-5-2-3-12-31-18)33-27(35)19-6-4-7-21(29)24(19)26-25(30)20(14-32-26)16-8-10-17(28)11-9-16/h2-12,22-23,34H,13-15H2,1H3,(H,33,35)/t22-,23-/m1/s1. The average molecular weight is 496 g/mol. The summed E-state index contributed by atoms with van der Waals surface area (Å²) in [5.74, 6) is -2.80. The monoisotopic (exact) mass is 495 g/mol. The molecule has 9 heteroatoms. The van der Waals surface area contributed by atoms with Crippen LogP contribution < -0.4 is 5.32 Å². The minimum absolute atomic E-state index is 0.0567. The molecule has 0 saturated carbocycles. The Hall–Kier alpha value is -3.82. The third-order valence-corrected chi connectivity index (χ3v) is 5.83. The highest BCUT2D eigenvalue weighted by molar-refractivity contribution is 6.21. The van der Waals surface area contributed by atoms with Gasteiger partial charge in [-0.15, -0.1) is 0 Å². The van der Waals surface area contributed by atoms with Gasteiger partial charge < -0.3 is 15.2 Å². The van der Waals surface area contributed by atoms with Crippen LogP contribution in [0.15, 0.2) is 77.7 Å². The van der Waals surface area contributed by atoms with Crippen LogP contribution in [0.25, 0.3) is 5.57 Å². The van der Waals surface area contributed by atoms with Gasteiger partial charge in [-0.05, 0) is 42.0 Å². The Morgan fingerprint density at radius 2 is 1.86 bits per heavy atom. The van der Waals surface area contributed by atoms with E-state index < -0.39 is 35.5 Å². The average Bonchev–Trinajstić information content (AvgIpc) is 3.25. The summed E-state index contributed by atoms with van der Waals surface area (Å²) < 4.78 is 48.7. The molecule has 2 heterocycles. The second-order valence-electron chi connectivity index (χ2n) is 8.25. The molecule has 1 aliphatic heterocycles. The van der Waals surface area contributed by atoms with Crippen molar-refractivity contribution in [2.24, 2.45) is 4.99 Å². The molecular weight excluding hydrogens is 471 g/mol. The molecule has 0 bridgehead atoms. The van der Waals surface area contributed by atoms with Crippen LogP contribution >= 0.6 is 0 Å². The Bertz CT molecular complexity index is 1290. The van der Waals surface area contributed by atoms with E-state index in [1.54, 1.807) is 24.4 Å². The fourth-order valence-electron chi connectivity index (χ4n) is 4.01. The van der Waals surface area contributed by atoms with E-state index >= 15 is 8.78 Å². The fraction of sp³-hybridized carbons (Fsp3) is 0.222. The van der Waals surface area contributed by atoms with E-state index in [1.807, 2.05) is 0 Å². The number of benzene rings is 2. The summed E-state index contributed by atoms with van der Waals surface area (Å²) in [6.45, 7) is -0.143. The van der Waals surface area contributed by atoms with E-state index in [0.717, 1.165) is 6.07 Å². The van der Waals surface area contributed by atoms with Gasteiger partial charge in [0.25, 0.3) is 5.91 Å². The van der Waals surface area contributed by atoms with Crippen LogP contribution in [0.1, 0.15) is 27.2 Å². The lowest BCUT2D eigenvalue weighted by Crippen LogP contribution is -2.47. The van der Waals surface area contributed by atoms with Gasteiger partial charge >= 0.3 is 0 Å². The predicted molar refractivity (Wildman–Crippen MR) is 129 cm³/mol. The molecule has 2 aromatic carbocycles. The van der Waals surface area contributed by atoms with Crippen molar-refractivity contribution in [3.8, 4) is 0 Å². The molecular formula is C27H24F3N3O3. The number of nitrogens with zero attached hydrogens (tertiary/aromatic N) is 2. The molecule has 0 aliphatic carbocycles. The van der Waals surface area contributed by atoms with Crippen molar-refractivity contribution < 1.29 is 27.8 Å². The van der Waals surface area contributed by atoms with Gasteiger partial charge in [-0.3, -0.25) is 14.8 Å². The number of ether oxygens (including phenoxy) is 1. The molecule has 3 aromatic rings. The van der Waals surface area contributed by atoms with E-state index in [2.05, 4.69) is 15.3 Å². The third kappa shape index (κ3) is 5.53. The number of aliphatic imine (C=N–C) groups is 1. The smallest absolute Gasteiger partial charge is 0.252 e. The van der Waals surface area contributed by atoms with Crippen molar-refractivity contribution in [1.29, 1.82) is 0 Å². The normalized spacial score (nSPS) is 15.0. The maximum absolute atomic E-state index is 15.4. The molecule has 36 heavy (non-hydrogen) atoms. The topological polar surface area (TPSA) is 83.8 Å². The fourth-order valence-corrected chi connectivity index (χ4v) is 4.01. The summed E-state index contributed by atoms with van der Waals surface area (Å²) >= 11 is 0. The first kappa shape index (κ1) is 25.3. The van der Waals surface area contributed by atoms with Crippen molar-refractivity contribution in [3.63, 3.8) is 0 Å². The molecule has 1 aromatic heterocycles. The van der Waals surface area contributed by atoms with E-state index in [9.17, 15) is 14.3 Å². The van der Waals surface area contributed by atoms with Crippen LogP contribution in [0.3, 0.4) is 0 Å². The molecule has 1 aliphatic rings. The maximum atomic E-state index is 15.4. The van der Waals surface area contributed by atoms with Crippen molar-refractivity contribution in [3.05, 3.63) is 107 Å². The lowest BCUT2D eigenvalue weighted by Gasteiger charge is -2.24. The van der Waals surface area contributed by atoms with Gasteiger partial charge in [-0.25, -0.2) is 13.2 Å². The quantitative estimate of drug-likeness (QED) is 0.472. The molecule has 186 valence electrons. The number of amides is 1. The zero-order valence-electron chi connectivity index (χ0n) is 19.4. The summed E-state index contributed by atoms with van der Waals surface area (Å²) in [6, 6.07) is 13.5. The molecule has 2 N–H and O–H groups in total. The summed E-state index contributed by atoms with van der Waals surface area (Å²) in [7, 11) is 1.42. The Balaban J connectivity index is 1.65. The van der Waals surface area contributed by atoms with Crippen LogP contribution in [-0.2, 0) is 11.2 Å². The SMILES string of the molecule is COC[C@@H](O)[C@@H](Cc1ccccn1)NC(=O)c1cccc(F)c1C1=NCC(c2ccc(F)cc2)=C1F. The van der Waals surface area contributed by atoms with Crippen LogP contribution in [0.4, 0.5) is 13.2 Å². The third-order valence-electron chi connectivity index (χ3n) is 5.83. The van der Waals surface area contributed by atoms with Gasteiger partial charge in [-0.2, -0.15) is 0 Å². The number of allylic oxidation sites excluding steroid dienone is 1. The number of hydrogen-bond acceptors (Lipinski definition) is 5. The molecule has 2 atom stereocenters. The first-order chi connectivity index (χ1) is 17.4. The second kappa shape index (κ2) is 11.3. The van der Waals surface area contributed by atoms with Crippen LogP contribution in [-0.4, -0.2) is 54.1 Å². The Labute approximate surface area is 206 Å². The highest BCUT2D eigenvalue weighted by Gasteiger charge is 2.30. The molecule has 6 nitrogen and oxygen atoms in total. The number of pyridine rings is 1. The number of carbonyl (C=O) groups is 1. The number of nitrogens with one attached hydrogen (secondary N) is 1. The lowest BCUT2D eigenvalue weighted by molar-refractivity contribution is 0.0368. The van der Waals surface area contributed by atoms with E-state index in [-0.39, 0.29) is 42.0 Å². The van der Waals surface area contributed by atoms with Crippen molar-refractivity contribution >= 4 is 17.2 Å². The Morgan fingerprint density at radius 1 is 1.08 bits per heavy atom. The van der Waals surface area contributed by atoms with Gasteiger partial charge in [0.05, 0.1) is 36.4 Å². The highest BCUT2D eigenvalue weighted by atomic mass is 19.1. The number of aromatic nitrogens is 1. The zero-order valence-corrected chi connectivity index (χ0v) is 19.4. The zero-order chi connectivity index (χ0) is 25.7. The predicted octanol–water partition coefficient (Wildman–Crippen LogP) is 3.89. The summed E-state index contributed by atoms with van der Waals surface area (Å²) in [5.41, 5.74) is 0.477. The lowest BCUT2D eigenvalue weighted by atomic mass is 9.97. The molecule has 0 unspecified atom stereocenters. The van der Waals surface area contributed by atoms with E-state index in [0.29, 0.717) is 11.3 Å². The number of methoxy groups -OCH3 is 1. The van der Waals surface area contributed by atoms with Gasteiger partial charge in [0.15, 0.2) is 5.83 Å². The van der Waals surface area contributed by atoms with Crippen molar-refractivity contribution in [2.45, 2.75) is 18.6 Å². The number of rotatable bonds is 9. The Kier molecular flexibility index (Phi) is 7.92. The number of aliphatic hydroxyl groups excluding tert-OH is 1. The van der Waals surface area contributed by atoms with Crippen LogP contribution in [0.2, 0.25) is 0 Å². The minimum Gasteiger partial charge on any atom is -0.389 e. The number of aliphatic hydroxyl groups is 1. The number of halogens is 3. The second-order valence-corrected chi connectivity index (χ2v) is 8.25. The highest BCUT2D eigenvalue weighted by Crippen LogP contribution is 2.31. The van der Waals surface area contributed by atoms with Crippen LogP contribution in [0, 0.1) is 11.6 Å². The first-order valence-electron chi connectivity index (χ1n) is 11.2. The molecule has 4 rings (SSSR count). The largest absolute Gasteiger partial charge is 0.389 e. The first-order valence-corrected chi connectivity index (χ1v) is 11.2. The van der Waals surface area contributed by atoms with Gasteiger partial charge in [0, 0.05) is 31.0 Å².